The summed E-state index contributed by atoms with van der Waals surface area (Å²) in [6.45, 7) is 10.9. The summed E-state index contributed by atoms with van der Waals surface area (Å²) in [6, 6.07) is 8.37. The molecule has 1 aromatic rings. The molecular formula is C22H32O2. The van der Waals surface area contributed by atoms with Crippen molar-refractivity contribution in [2.24, 2.45) is 5.92 Å². The van der Waals surface area contributed by atoms with E-state index in [-0.39, 0.29) is 5.41 Å². The summed E-state index contributed by atoms with van der Waals surface area (Å²) < 4.78 is 6.33. The van der Waals surface area contributed by atoms with Crippen LogP contribution in [0.4, 0.5) is 0 Å². The van der Waals surface area contributed by atoms with Crippen molar-refractivity contribution < 1.29 is 9.84 Å². The van der Waals surface area contributed by atoms with Gasteiger partial charge in [0.15, 0.2) is 0 Å². The number of unbranched alkanes of at least 4 members (excludes halogenated alkanes) is 1. The molecule has 3 rings (SSSR count). The Kier molecular flexibility index (Phi) is 4.32. The second-order valence-corrected chi connectivity index (χ2v) is 8.41. The molecule has 2 heteroatoms. The van der Waals surface area contributed by atoms with Crippen LogP contribution in [0.5, 0.6) is 5.75 Å². The molecule has 0 saturated carbocycles. The Labute approximate surface area is 146 Å². The summed E-state index contributed by atoms with van der Waals surface area (Å²) in [5.74, 6) is 1.35. The predicted octanol–water partition coefficient (Wildman–Crippen LogP) is 5.39. The van der Waals surface area contributed by atoms with Crippen LogP contribution in [0, 0.1) is 5.92 Å². The largest absolute Gasteiger partial charge is 0.485 e. The van der Waals surface area contributed by atoms with Gasteiger partial charge in [-0.2, -0.15) is 0 Å². The number of ether oxygens (including phenoxy) is 1. The highest BCUT2D eigenvalue weighted by Gasteiger charge is 2.66. The Morgan fingerprint density at radius 1 is 1.25 bits per heavy atom. The quantitative estimate of drug-likeness (QED) is 0.751. The van der Waals surface area contributed by atoms with E-state index in [2.05, 4.69) is 58.9 Å². The molecule has 132 valence electrons. The van der Waals surface area contributed by atoms with Gasteiger partial charge in [0, 0.05) is 11.0 Å². The maximum atomic E-state index is 12.0. The van der Waals surface area contributed by atoms with Gasteiger partial charge in [0.2, 0.25) is 0 Å². The van der Waals surface area contributed by atoms with E-state index in [0.29, 0.717) is 12.3 Å². The average Bonchev–Trinajstić information content (AvgIpc) is 2.54. The first-order valence-electron chi connectivity index (χ1n) is 9.45. The number of allylic oxidation sites excluding steroid dienone is 1. The lowest BCUT2D eigenvalue weighted by molar-refractivity contribution is -0.193. The molecule has 0 fully saturated rings. The fourth-order valence-corrected chi connectivity index (χ4v) is 5.15. The van der Waals surface area contributed by atoms with E-state index >= 15 is 0 Å². The molecule has 2 aliphatic rings. The van der Waals surface area contributed by atoms with Gasteiger partial charge in [-0.05, 0) is 52.0 Å². The van der Waals surface area contributed by atoms with Crippen LogP contribution < -0.4 is 4.74 Å². The molecule has 1 aliphatic heterocycles. The fraction of sp³-hybridized carbons (Fsp3) is 0.636. The molecule has 3 unspecified atom stereocenters. The van der Waals surface area contributed by atoms with Gasteiger partial charge >= 0.3 is 0 Å². The standard InChI is InChI=1S/C22H32O2/c1-6-7-10-17(3)21-15-16(2)13-14-22(21,23)20(4,5)24-19-12-9-8-11-18(19)21/h8-9,11-13,17,23H,6-7,10,14-15H2,1-5H3. The maximum absolute atomic E-state index is 12.0. The van der Waals surface area contributed by atoms with Crippen LogP contribution in [0.1, 0.15) is 72.3 Å². The smallest absolute Gasteiger partial charge is 0.133 e. The molecule has 0 saturated heterocycles. The van der Waals surface area contributed by atoms with Crippen molar-refractivity contribution in [2.45, 2.75) is 83.3 Å². The third-order valence-electron chi connectivity index (χ3n) is 6.60. The van der Waals surface area contributed by atoms with Crippen molar-refractivity contribution in [2.75, 3.05) is 0 Å². The van der Waals surface area contributed by atoms with Crippen LogP contribution in [-0.4, -0.2) is 16.3 Å². The molecule has 24 heavy (non-hydrogen) atoms. The van der Waals surface area contributed by atoms with Crippen LogP contribution in [0.2, 0.25) is 0 Å². The molecule has 1 N–H and O–H groups in total. The average molecular weight is 328 g/mol. The summed E-state index contributed by atoms with van der Waals surface area (Å²) in [7, 11) is 0. The number of rotatable bonds is 4. The van der Waals surface area contributed by atoms with Crippen LogP contribution in [0.15, 0.2) is 35.9 Å². The van der Waals surface area contributed by atoms with Crippen molar-refractivity contribution in [1.29, 1.82) is 0 Å². The number of benzene rings is 1. The topological polar surface area (TPSA) is 29.5 Å². The van der Waals surface area contributed by atoms with Crippen LogP contribution in [0.25, 0.3) is 0 Å². The minimum atomic E-state index is -0.888. The molecule has 0 radical (unpaired) electrons. The molecule has 1 aliphatic carbocycles. The zero-order valence-electron chi connectivity index (χ0n) is 15.9. The third-order valence-corrected chi connectivity index (χ3v) is 6.60. The SMILES string of the molecule is CCCCC(C)C12CC(C)=CCC1(O)C(C)(C)Oc1ccccc12. The van der Waals surface area contributed by atoms with Gasteiger partial charge in [-0.15, -0.1) is 0 Å². The van der Waals surface area contributed by atoms with E-state index in [9.17, 15) is 5.11 Å². The maximum Gasteiger partial charge on any atom is 0.133 e. The van der Waals surface area contributed by atoms with Crippen molar-refractivity contribution in [3.8, 4) is 5.75 Å². The highest BCUT2D eigenvalue weighted by Crippen LogP contribution is 2.61. The Balaban J connectivity index is 2.25. The lowest BCUT2D eigenvalue weighted by Crippen LogP contribution is -2.71. The van der Waals surface area contributed by atoms with E-state index in [1.807, 2.05) is 6.07 Å². The minimum absolute atomic E-state index is 0.278. The zero-order chi connectivity index (χ0) is 17.6. The second kappa shape index (κ2) is 5.91. The van der Waals surface area contributed by atoms with Crippen LogP contribution >= 0.6 is 0 Å². The molecular weight excluding hydrogens is 296 g/mol. The van der Waals surface area contributed by atoms with Crippen molar-refractivity contribution >= 4 is 0 Å². The van der Waals surface area contributed by atoms with E-state index in [4.69, 9.17) is 4.74 Å². The summed E-state index contributed by atoms with van der Waals surface area (Å²) in [5, 5.41) is 12.0. The van der Waals surface area contributed by atoms with Gasteiger partial charge in [-0.1, -0.05) is 56.5 Å². The van der Waals surface area contributed by atoms with Crippen molar-refractivity contribution in [3.05, 3.63) is 41.5 Å². The Morgan fingerprint density at radius 3 is 2.67 bits per heavy atom. The third kappa shape index (κ3) is 2.26. The van der Waals surface area contributed by atoms with Gasteiger partial charge in [0.1, 0.15) is 17.0 Å². The van der Waals surface area contributed by atoms with Crippen molar-refractivity contribution in [3.63, 3.8) is 0 Å². The number of hydrogen-bond acceptors (Lipinski definition) is 2. The molecule has 0 spiro atoms. The van der Waals surface area contributed by atoms with Gasteiger partial charge in [0.05, 0.1) is 0 Å². The first-order valence-corrected chi connectivity index (χ1v) is 9.45. The number of para-hydroxylation sites is 1. The lowest BCUT2D eigenvalue weighted by Gasteiger charge is -2.62. The molecule has 1 aromatic carbocycles. The zero-order valence-corrected chi connectivity index (χ0v) is 15.9. The number of aliphatic hydroxyl groups is 1. The fourth-order valence-electron chi connectivity index (χ4n) is 5.15. The Bertz CT molecular complexity index is 645. The molecule has 3 atom stereocenters. The van der Waals surface area contributed by atoms with E-state index in [0.717, 1.165) is 18.6 Å². The summed E-state index contributed by atoms with van der Waals surface area (Å²) in [5.41, 5.74) is 0.803. The summed E-state index contributed by atoms with van der Waals surface area (Å²) in [6.07, 6.45) is 7.32. The van der Waals surface area contributed by atoms with Gasteiger partial charge in [-0.3, -0.25) is 0 Å². The molecule has 2 nitrogen and oxygen atoms in total. The van der Waals surface area contributed by atoms with E-state index in [1.165, 1.54) is 24.0 Å². The second-order valence-electron chi connectivity index (χ2n) is 8.41. The molecule has 1 heterocycles. The van der Waals surface area contributed by atoms with E-state index < -0.39 is 11.2 Å². The van der Waals surface area contributed by atoms with Crippen LogP contribution in [0.3, 0.4) is 0 Å². The van der Waals surface area contributed by atoms with E-state index in [1.54, 1.807) is 0 Å². The number of hydrogen-bond donors (Lipinski definition) is 1. The first-order chi connectivity index (χ1) is 11.3. The molecule has 0 amide bonds. The minimum Gasteiger partial charge on any atom is -0.485 e. The molecule has 0 aromatic heterocycles. The van der Waals surface area contributed by atoms with Crippen LogP contribution in [-0.2, 0) is 5.41 Å². The normalized spacial score (nSPS) is 32.2. The van der Waals surface area contributed by atoms with Gasteiger partial charge in [0.25, 0.3) is 0 Å². The number of fused-ring (bicyclic) bond motifs is 3. The van der Waals surface area contributed by atoms with Gasteiger partial charge < -0.3 is 9.84 Å². The Hall–Kier alpha value is -1.28. The predicted molar refractivity (Wildman–Crippen MR) is 99.5 cm³/mol. The highest BCUT2D eigenvalue weighted by atomic mass is 16.5. The molecule has 0 bridgehead atoms. The summed E-state index contributed by atoms with van der Waals surface area (Å²) >= 11 is 0. The van der Waals surface area contributed by atoms with Crippen molar-refractivity contribution in [1.82, 2.24) is 0 Å². The monoisotopic (exact) mass is 328 g/mol. The lowest BCUT2D eigenvalue weighted by atomic mass is 9.49. The van der Waals surface area contributed by atoms with Gasteiger partial charge in [-0.25, -0.2) is 0 Å². The highest BCUT2D eigenvalue weighted by molar-refractivity contribution is 5.50. The first kappa shape index (κ1) is 17.5. The Morgan fingerprint density at radius 2 is 1.96 bits per heavy atom. The summed E-state index contributed by atoms with van der Waals surface area (Å²) in [4.78, 5) is 0.